The van der Waals surface area contributed by atoms with Crippen molar-refractivity contribution < 1.29 is 28.4 Å². The number of quaternary nitrogens is 1. The van der Waals surface area contributed by atoms with Crippen molar-refractivity contribution in [3.63, 3.8) is 0 Å². The van der Waals surface area contributed by atoms with Crippen LogP contribution in [-0.4, -0.2) is 63.3 Å². The number of carbonyl (C=O) groups is 2. The van der Waals surface area contributed by atoms with Crippen LogP contribution in [0.25, 0.3) is 11.0 Å². The Bertz CT molecular complexity index is 1330. The first kappa shape index (κ1) is 23.5. The van der Waals surface area contributed by atoms with Crippen molar-refractivity contribution in [2.24, 2.45) is 0 Å². The Hall–Kier alpha value is -3.20. The van der Waals surface area contributed by atoms with Crippen molar-refractivity contribution in [2.45, 2.75) is 12.5 Å². The summed E-state index contributed by atoms with van der Waals surface area (Å²) in [6.45, 7) is 4.74. The fraction of sp³-hybridized carbons (Fsp3) is 0.346. The van der Waals surface area contributed by atoms with Crippen LogP contribution in [0.1, 0.15) is 44.5 Å². The van der Waals surface area contributed by atoms with Crippen molar-refractivity contribution in [3.8, 4) is 0 Å². The van der Waals surface area contributed by atoms with Crippen molar-refractivity contribution in [2.75, 3.05) is 46.5 Å². The Kier molecular flexibility index (Phi) is 6.60. The minimum Gasteiger partial charge on any atom is -0.465 e. The molecule has 35 heavy (non-hydrogen) atoms. The lowest BCUT2D eigenvalue weighted by atomic mass is 9.97. The number of fused-ring (bicyclic) bond motifs is 2. The summed E-state index contributed by atoms with van der Waals surface area (Å²) in [6.07, 6.45) is 0.769. The third-order valence-electron chi connectivity index (χ3n) is 6.70. The molecule has 0 aliphatic carbocycles. The van der Waals surface area contributed by atoms with E-state index in [-0.39, 0.29) is 17.1 Å². The molecule has 3 heterocycles. The highest BCUT2D eigenvalue weighted by atomic mass is 35.5. The lowest BCUT2D eigenvalue weighted by Gasteiger charge is -2.27. The van der Waals surface area contributed by atoms with E-state index in [9.17, 15) is 14.4 Å². The van der Waals surface area contributed by atoms with Crippen LogP contribution in [0.2, 0.25) is 5.02 Å². The highest BCUT2D eigenvalue weighted by molar-refractivity contribution is 6.31. The maximum Gasteiger partial charge on any atom is 0.337 e. The Morgan fingerprint density at radius 3 is 2.60 bits per heavy atom. The van der Waals surface area contributed by atoms with Gasteiger partial charge >= 0.3 is 5.97 Å². The summed E-state index contributed by atoms with van der Waals surface area (Å²) in [4.78, 5) is 42.2. The molecular formula is C26H26ClN2O6+. The molecule has 0 radical (unpaired) electrons. The molecule has 1 aromatic heterocycles. The van der Waals surface area contributed by atoms with Gasteiger partial charge in [-0.15, -0.1) is 0 Å². The molecule has 2 aliphatic heterocycles. The van der Waals surface area contributed by atoms with Crippen LogP contribution < -0.4 is 10.3 Å². The number of carbonyl (C=O) groups excluding carboxylic acids is 2. The van der Waals surface area contributed by atoms with Crippen LogP contribution in [0.3, 0.4) is 0 Å². The van der Waals surface area contributed by atoms with Gasteiger partial charge in [0.05, 0.1) is 49.4 Å². The molecule has 1 N–H and O–H groups in total. The van der Waals surface area contributed by atoms with E-state index in [2.05, 4.69) is 0 Å². The maximum atomic E-state index is 13.6. The number of morpholine rings is 1. The summed E-state index contributed by atoms with van der Waals surface area (Å²) in [5, 5.41) is 0.748. The van der Waals surface area contributed by atoms with Crippen molar-refractivity contribution in [1.82, 2.24) is 4.90 Å². The average Bonchev–Trinajstić information content (AvgIpc) is 3.16. The summed E-state index contributed by atoms with van der Waals surface area (Å²) in [7, 11) is 1.32. The first-order valence-electron chi connectivity index (χ1n) is 11.6. The molecule has 2 aliphatic rings. The van der Waals surface area contributed by atoms with Crippen molar-refractivity contribution in [3.05, 3.63) is 80.2 Å². The Morgan fingerprint density at radius 2 is 1.89 bits per heavy atom. The predicted molar refractivity (Wildman–Crippen MR) is 129 cm³/mol. The molecule has 9 heteroatoms. The Morgan fingerprint density at radius 1 is 1.14 bits per heavy atom. The third-order valence-corrected chi connectivity index (χ3v) is 6.94. The van der Waals surface area contributed by atoms with Crippen LogP contribution in [0.15, 0.2) is 51.7 Å². The number of amides is 1. The lowest BCUT2D eigenvalue weighted by molar-refractivity contribution is -0.908. The molecule has 8 nitrogen and oxygen atoms in total. The number of halogens is 1. The molecule has 1 saturated heterocycles. The standard InChI is InChI=1S/C26H25ClN2O6/c1-33-26(32)17-5-3-16(4-6-17)22-21-23(30)19-15-18(27)7-8-20(19)35-24(21)25(31)29(22)10-2-9-28-11-13-34-14-12-28/h3-8,15,22H,2,9-14H2,1H3/p+1. The number of rotatable bonds is 6. The van der Waals surface area contributed by atoms with Gasteiger partial charge in [-0.05, 0) is 35.9 Å². The number of ether oxygens (including phenoxy) is 2. The summed E-state index contributed by atoms with van der Waals surface area (Å²) in [5.74, 6) is -0.705. The van der Waals surface area contributed by atoms with E-state index < -0.39 is 12.0 Å². The SMILES string of the molecule is COC(=O)c1ccc(C2c3c(oc4ccc(Cl)cc4c3=O)C(=O)N2CCC[NH+]2CCOCC2)cc1. The number of nitrogens with zero attached hydrogens (tertiary/aromatic N) is 1. The largest absolute Gasteiger partial charge is 0.465 e. The summed E-state index contributed by atoms with van der Waals surface area (Å²) in [6, 6.07) is 11.0. The van der Waals surface area contributed by atoms with Crippen molar-refractivity contribution >= 4 is 34.4 Å². The second-order valence-electron chi connectivity index (χ2n) is 8.80. The Labute approximate surface area is 207 Å². The van der Waals surface area contributed by atoms with E-state index in [1.165, 1.54) is 12.0 Å². The normalized spacial score (nSPS) is 18.2. The maximum absolute atomic E-state index is 13.6. The molecule has 1 amide bonds. The van der Waals surface area contributed by atoms with E-state index in [0.717, 1.165) is 44.8 Å². The van der Waals surface area contributed by atoms with Crippen LogP contribution >= 0.6 is 11.6 Å². The van der Waals surface area contributed by atoms with E-state index in [0.29, 0.717) is 33.7 Å². The van der Waals surface area contributed by atoms with Gasteiger partial charge in [0.2, 0.25) is 5.76 Å². The number of methoxy groups -OCH3 is 1. The predicted octanol–water partition coefficient (Wildman–Crippen LogP) is 2.08. The molecule has 5 rings (SSSR count). The first-order valence-corrected chi connectivity index (χ1v) is 12.0. The van der Waals surface area contributed by atoms with Gasteiger partial charge < -0.3 is 23.7 Å². The van der Waals surface area contributed by atoms with Crippen LogP contribution in [-0.2, 0) is 9.47 Å². The molecule has 1 fully saturated rings. The van der Waals surface area contributed by atoms with Gasteiger partial charge in [-0.25, -0.2) is 4.79 Å². The second-order valence-corrected chi connectivity index (χ2v) is 9.23. The quantitative estimate of drug-likeness (QED) is 0.524. The minimum absolute atomic E-state index is 0.0607. The molecule has 1 atom stereocenters. The second kappa shape index (κ2) is 9.81. The zero-order chi connectivity index (χ0) is 24.5. The Balaban J connectivity index is 1.53. The molecule has 0 saturated carbocycles. The number of esters is 1. The summed E-state index contributed by atoms with van der Waals surface area (Å²) in [5.41, 5.74) is 1.46. The zero-order valence-corrected chi connectivity index (χ0v) is 20.1. The fourth-order valence-corrected chi connectivity index (χ4v) is 5.07. The average molecular weight is 498 g/mol. The van der Waals surface area contributed by atoms with E-state index in [1.54, 1.807) is 47.4 Å². The van der Waals surface area contributed by atoms with Crippen LogP contribution in [0.5, 0.6) is 0 Å². The van der Waals surface area contributed by atoms with Crippen LogP contribution in [0, 0.1) is 0 Å². The van der Waals surface area contributed by atoms with Gasteiger partial charge in [0.25, 0.3) is 5.91 Å². The number of hydrogen-bond acceptors (Lipinski definition) is 6. The fourth-order valence-electron chi connectivity index (χ4n) is 4.90. The van der Waals surface area contributed by atoms with Gasteiger partial charge in [-0.3, -0.25) is 9.59 Å². The van der Waals surface area contributed by atoms with Gasteiger partial charge in [0, 0.05) is 18.0 Å². The molecule has 3 aromatic rings. The van der Waals surface area contributed by atoms with Crippen molar-refractivity contribution in [1.29, 1.82) is 0 Å². The van der Waals surface area contributed by atoms with Gasteiger partial charge in [0.1, 0.15) is 18.7 Å². The molecule has 1 unspecified atom stereocenters. The highest BCUT2D eigenvalue weighted by Gasteiger charge is 2.42. The molecule has 0 bridgehead atoms. The minimum atomic E-state index is -0.622. The monoisotopic (exact) mass is 497 g/mol. The summed E-state index contributed by atoms with van der Waals surface area (Å²) < 4.78 is 16.2. The lowest BCUT2D eigenvalue weighted by Crippen LogP contribution is -3.14. The van der Waals surface area contributed by atoms with E-state index in [4.69, 9.17) is 25.5 Å². The van der Waals surface area contributed by atoms with E-state index >= 15 is 0 Å². The molecule has 182 valence electrons. The molecule has 0 spiro atoms. The number of benzene rings is 2. The summed E-state index contributed by atoms with van der Waals surface area (Å²) >= 11 is 6.14. The number of nitrogens with one attached hydrogen (secondary N) is 1. The van der Waals surface area contributed by atoms with Gasteiger partial charge in [0.15, 0.2) is 5.43 Å². The van der Waals surface area contributed by atoms with E-state index in [1.807, 2.05) is 0 Å². The molecule has 2 aromatic carbocycles. The van der Waals surface area contributed by atoms with Crippen LogP contribution in [0.4, 0.5) is 0 Å². The molecular weight excluding hydrogens is 472 g/mol. The van der Waals surface area contributed by atoms with Gasteiger partial charge in [-0.1, -0.05) is 23.7 Å². The zero-order valence-electron chi connectivity index (χ0n) is 19.3. The topological polar surface area (TPSA) is 90.5 Å². The smallest absolute Gasteiger partial charge is 0.337 e. The highest BCUT2D eigenvalue weighted by Crippen LogP contribution is 2.38. The third kappa shape index (κ3) is 4.45. The van der Waals surface area contributed by atoms with Gasteiger partial charge in [-0.2, -0.15) is 0 Å². The first-order chi connectivity index (χ1) is 17.0. The number of hydrogen-bond donors (Lipinski definition) is 1.